The van der Waals surface area contributed by atoms with E-state index >= 15 is 0 Å². The van der Waals surface area contributed by atoms with Crippen molar-refractivity contribution < 1.29 is 9.90 Å². The lowest BCUT2D eigenvalue weighted by molar-refractivity contribution is 0.0696. The lowest BCUT2D eigenvalue weighted by Crippen LogP contribution is -2.33. The average Bonchev–Trinajstić information content (AvgIpc) is 2.33. The van der Waals surface area contributed by atoms with Gasteiger partial charge in [0.15, 0.2) is 0 Å². The first-order chi connectivity index (χ1) is 8.97. The van der Waals surface area contributed by atoms with Gasteiger partial charge in [-0.25, -0.2) is 4.79 Å². The quantitative estimate of drug-likeness (QED) is 0.835. The maximum absolute atomic E-state index is 11.4. The Bertz CT molecular complexity index is 435. The van der Waals surface area contributed by atoms with Gasteiger partial charge in [-0.2, -0.15) is 0 Å². The van der Waals surface area contributed by atoms with E-state index in [9.17, 15) is 9.90 Å². The van der Waals surface area contributed by atoms with Gasteiger partial charge in [0.1, 0.15) is 0 Å². The van der Waals surface area contributed by atoms with Gasteiger partial charge in [-0.05, 0) is 48.6 Å². The van der Waals surface area contributed by atoms with Crippen molar-refractivity contribution in [1.29, 1.82) is 0 Å². The fourth-order valence-corrected chi connectivity index (χ4v) is 2.46. The Labute approximate surface area is 123 Å². The SMILES string of the molecule is CCCN(CCN(C)C)c1cccc(Br)c1C(=O)O. The van der Waals surface area contributed by atoms with E-state index in [1.807, 2.05) is 26.2 Å². The second-order valence-electron chi connectivity index (χ2n) is 4.73. The van der Waals surface area contributed by atoms with Gasteiger partial charge in [-0.15, -0.1) is 0 Å². The van der Waals surface area contributed by atoms with Crippen LogP contribution in [0.5, 0.6) is 0 Å². The molecule has 1 aromatic rings. The first-order valence-electron chi connectivity index (χ1n) is 6.38. The van der Waals surface area contributed by atoms with Crippen molar-refractivity contribution in [3.05, 3.63) is 28.2 Å². The number of hydrogen-bond donors (Lipinski definition) is 1. The van der Waals surface area contributed by atoms with Crippen molar-refractivity contribution in [1.82, 2.24) is 4.90 Å². The van der Waals surface area contributed by atoms with E-state index in [0.29, 0.717) is 10.0 Å². The lowest BCUT2D eigenvalue weighted by Gasteiger charge is -2.27. The van der Waals surface area contributed by atoms with Gasteiger partial charge in [0.25, 0.3) is 0 Å². The highest BCUT2D eigenvalue weighted by molar-refractivity contribution is 9.10. The number of anilines is 1. The Morgan fingerprint density at radius 1 is 1.26 bits per heavy atom. The number of halogens is 1. The minimum Gasteiger partial charge on any atom is -0.478 e. The molecule has 0 saturated carbocycles. The molecule has 0 saturated heterocycles. The molecular weight excluding hydrogens is 308 g/mol. The van der Waals surface area contributed by atoms with Crippen LogP contribution in [0.15, 0.2) is 22.7 Å². The molecule has 0 fully saturated rings. The summed E-state index contributed by atoms with van der Waals surface area (Å²) in [6.45, 7) is 4.66. The summed E-state index contributed by atoms with van der Waals surface area (Å²) < 4.78 is 0.628. The number of benzene rings is 1. The van der Waals surface area contributed by atoms with Crippen LogP contribution >= 0.6 is 15.9 Å². The van der Waals surface area contributed by atoms with E-state index in [1.54, 1.807) is 6.07 Å². The summed E-state index contributed by atoms with van der Waals surface area (Å²) in [6, 6.07) is 5.52. The van der Waals surface area contributed by atoms with Crippen molar-refractivity contribution in [3.63, 3.8) is 0 Å². The molecule has 5 heteroatoms. The summed E-state index contributed by atoms with van der Waals surface area (Å²) in [7, 11) is 4.03. The molecule has 1 N–H and O–H groups in total. The number of aromatic carboxylic acids is 1. The van der Waals surface area contributed by atoms with Gasteiger partial charge in [0, 0.05) is 24.1 Å². The molecule has 1 aromatic carbocycles. The summed E-state index contributed by atoms with van der Waals surface area (Å²) in [4.78, 5) is 15.7. The fraction of sp³-hybridized carbons (Fsp3) is 0.500. The van der Waals surface area contributed by atoms with Gasteiger partial charge in [0.2, 0.25) is 0 Å². The van der Waals surface area contributed by atoms with Crippen molar-refractivity contribution >= 4 is 27.6 Å². The van der Waals surface area contributed by atoms with Crippen LogP contribution in [0.3, 0.4) is 0 Å². The van der Waals surface area contributed by atoms with E-state index in [-0.39, 0.29) is 0 Å². The largest absolute Gasteiger partial charge is 0.478 e. The molecular formula is C14H21BrN2O2. The zero-order chi connectivity index (χ0) is 14.4. The molecule has 0 radical (unpaired) electrons. The Balaban J connectivity index is 3.07. The van der Waals surface area contributed by atoms with Gasteiger partial charge < -0.3 is 14.9 Å². The molecule has 0 aliphatic heterocycles. The van der Waals surface area contributed by atoms with Crippen LogP contribution in [0.2, 0.25) is 0 Å². The summed E-state index contributed by atoms with van der Waals surface area (Å²) in [5.74, 6) is -0.895. The van der Waals surface area contributed by atoms with Gasteiger partial charge in [0.05, 0.1) is 11.3 Å². The Morgan fingerprint density at radius 3 is 2.47 bits per heavy atom. The minimum absolute atomic E-state index is 0.342. The van der Waals surface area contributed by atoms with Crippen LogP contribution in [-0.2, 0) is 0 Å². The van der Waals surface area contributed by atoms with E-state index in [4.69, 9.17) is 0 Å². The van der Waals surface area contributed by atoms with E-state index in [2.05, 4.69) is 32.7 Å². The molecule has 0 aliphatic rings. The van der Waals surface area contributed by atoms with Gasteiger partial charge in [-0.3, -0.25) is 0 Å². The van der Waals surface area contributed by atoms with Crippen molar-refractivity contribution in [2.24, 2.45) is 0 Å². The van der Waals surface area contributed by atoms with Gasteiger partial charge in [-0.1, -0.05) is 13.0 Å². The summed E-state index contributed by atoms with van der Waals surface area (Å²) in [6.07, 6.45) is 0.985. The molecule has 0 atom stereocenters. The third-order valence-electron chi connectivity index (χ3n) is 2.86. The molecule has 106 valence electrons. The molecule has 0 bridgehead atoms. The topological polar surface area (TPSA) is 43.8 Å². The highest BCUT2D eigenvalue weighted by Gasteiger charge is 2.18. The number of carboxylic acids is 1. The molecule has 0 aromatic heterocycles. The predicted molar refractivity (Wildman–Crippen MR) is 82.2 cm³/mol. The van der Waals surface area contributed by atoms with Crippen molar-refractivity contribution in [2.75, 3.05) is 38.6 Å². The lowest BCUT2D eigenvalue weighted by atomic mass is 10.1. The highest BCUT2D eigenvalue weighted by Crippen LogP contribution is 2.28. The fourth-order valence-electron chi connectivity index (χ4n) is 1.93. The molecule has 0 aliphatic carbocycles. The van der Waals surface area contributed by atoms with E-state index in [1.165, 1.54) is 0 Å². The second-order valence-corrected chi connectivity index (χ2v) is 5.58. The van der Waals surface area contributed by atoms with Crippen LogP contribution in [0.4, 0.5) is 5.69 Å². The number of nitrogens with zero attached hydrogens (tertiary/aromatic N) is 2. The number of rotatable bonds is 7. The molecule has 0 heterocycles. The maximum Gasteiger partial charge on any atom is 0.338 e. The van der Waals surface area contributed by atoms with Crippen LogP contribution < -0.4 is 4.90 Å². The summed E-state index contributed by atoms with van der Waals surface area (Å²) >= 11 is 3.33. The zero-order valence-electron chi connectivity index (χ0n) is 11.7. The third kappa shape index (κ3) is 4.51. The van der Waals surface area contributed by atoms with E-state index in [0.717, 1.165) is 31.7 Å². The Morgan fingerprint density at radius 2 is 1.95 bits per heavy atom. The Kier molecular flexibility index (Phi) is 6.31. The number of hydrogen-bond acceptors (Lipinski definition) is 3. The van der Waals surface area contributed by atoms with Crippen LogP contribution in [0.25, 0.3) is 0 Å². The minimum atomic E-state index is -0.895. The molecule has 0 spiro atoms. The monoisotopic (exact) mass is 328 g/mol. The zero-order valence-corrected chi connectivity index (χ0v) is 13.3. The third-order valence-corrected chi connectivity index (χ3v) is 3.52. The molecule has 0 unspecified atom stereocenters. The van der Waals surface area contributed by atoms with Gasteiger partial charge >= 0.3 is 5.97 Å². The predicted octanol–water partition coefficient (Wildman–Crippen LogP) is 2.93. The normalized spacial score (nSPS) is 10.8. The number of carbonyl (C=O) groups is 1. The Hall–Kier alpha value is -1.07. The molecule has 0 amide bonds. The first-order valence-corrected chi connectivity index (χ1v) is 7.18. The molecule has 1 rings (SSSR count). The number of carboxylic acid groups (broad SMARTS) is 1. The van der Waals surface area contributed by atoms with Crippen LogP contribution in [0, 0.1) is 0 Å². The first kappa shape index (κ1) is 16.0. The molecule has 4 nitrogen and oxygen atoms in total. The summed E-state index contributed by atoms with van der Waals surface area (Å²) in [5.41, 5.74) is 1.13. The van der Waals surface area contributed by atoms with Crippen molar-refractivity contribution in [3.8, 4) is 0 Å². The summed E-state index contributed by atoms with van der Waals surface area (Å²) in [5, 5.41) is 9.37. The number of likely N-dealkylation sites (N-methyl/N-ethyl adjacent to an activating group) is 1. The van der Waals surface area contributed by atoms with Crippen LogP contribution in [-0.4, -0.2) is 49.7 Å². The van der Waals surface area contributed by atoms with Crippen molar-refractivity contribution in [2.45, 2.75) is 13.3 Å². The maximum atomic E-state index is 11.4. The smallest absolute Gasteiger partial charge is 0.338 e. The standard InChI is InChI=1S/C14H21BrN2O2/c1-4-8-17(10-9-16(2)3)12-7-5-6-11(15)13(12)14(18)19/h5-7H,4,8-10H2,1-3H3,(H,18,19). The van der Waals surface area contributed by atoms with E-state index < -0.39 is 5.97 Å². The van der Waals surface area contributed by atoms with Crippen LogP contribution in [0.1, 0.15) is 23.7 Å². The highest BCUT2D eigenvalue weighted by atomic mass is 79.9. The molecule has 19 heavy (non-hydrogen) atoms. The average molecular weight is 329 g/mol. The second kappa shape index (κ2) is 7.50.